The van der Waals surface area contributed by atoms with Crippen molar-refractivity contribution in [3.63, 3.8) is 0 Å². The molecule has 0 radical (unpaired) electrons. The van der Waals surface area contributed by atoms with E-state index in [9.17, 15) is 18.8 Å². The number of amides is 4. The van der Waals surface area contributed by atoms with Crippen LogP contribution in [-0.2, 0) is 16.1 Å². The number of urea groups is 1. The van der Waals surface area contributed by atoms with E-state index in [2.05, 4.69) is 0 Å². The zero-order valence-corrected chi connectivity index (χ0v) is 11.9. The first-order valence-electron chi connectivity index (χ1n) is 6.67. The van der Waals surface area contributed by atoms with E-state index in [1.165, 1.54) is 12.1 Å². The number of hydrogen-bond donors (Lipinski definition) is 1. The van der Waals surface area contributed by atoms with Gasteiger partial charge < -0.3 is 4.90 Å². The lowest BCUT2D eigenvalue weighted by Gasteiger charge is -2.19. The van der Waals surface area contributed by atoms with Crippen LogP contribution in [0.2, 0.25) is 0 Å². The minimum Gasteiger partial charge on any atom is -0.316 e. The van der Waals surface area contributed by atoms with Gasteiger partial charge in [-0.2, -0.15) is 0 Å². The maximum Gasteiger partial charge on any atom is 0.338 e. The van der Waals surface area contributed by atoms with Gasteiger partial charge in [0.15, 0.2) is 6.67 Å². The van der Waals surface area contributed by atoms with Crippen molar-refractivity contribution < 1.29 is 23.7 Å². The summed E-state index contributed by atoms with van der Waals surface area (Å²) >= 11 is 0. The van der Waals surface area contributed by atoms with E-state index in [-0.39, 0.29) is 19.0 Å². The molecule has 6 nitrogen and oxygen atoms in total. The Bertz CT molecular complexity index is 591. The normalized spacial score (nSPS) is 16.8. The SMILES string of the molecule is CCN1C(=O)C(=O)N(C[NH+](C)Cc2cccc(F)c2)C1=O. The minimum absolute atomic E-state index is 0.0659. The smallest absolute Gasteiger partial charge is 0.316 e. The van der Waals surface area contributed by atoms with Gasteiger partial charge in [0.05, 0.1) is 7.05 Å². The highest BCUT2D eigenvalue weighted by atomic mass is 19.1. The monoisotopic (exact) mass is 294 g/mol. The number of nitrogens with one attached hydrogen (secondary N) is 1. The fraction of sp³-hybridized carbons (Fsp3) is 0.357. The number of carbonyl (C=O) groups excluding carboxylic acids is 3. The molecule has 1 fully saturated rings. The summed E-state index contributed by atoms with van der Waals surface area (Å²) in [6, 6.07) is 5.53. The number of nitrogens with zero attached hydrogens (tertiary/aromatic N) is 2. The second kappa shape index (κ2) is 6.01. The molecule has 7 heteroatoms. The summed E-state index contributed by atoms with van der Waals surface area (Å²) in [7, 11) is 1.77. The number of rotatable bonds is 5. The summed E-state index contributed by atoms with van der Waals surface area (Å²) < 4.78 is 13.1. The number of halogens is 1. The van der Waals surface area contributed by atoms with Crippen LogP contribution in [0.15, 0.2) is 24.3 Å². The largest absolute Gasteiger partial charge is 0.338 e. The average molecular weight is 294 g/mol. The number of quaternary nitrogens is 1. The summed E-state index contributed by atoms with van der Waals surface area (Å²) in [5.74, 6) is -1.93. The van der Waals surface area contributed by atoms with E-state index in [0.29, 0.717) is 6.54 Å². The Morgan fingerprint density at radius 1 is 1.14 bits per heavy atom. The van der Waals surface area contributed by atoms with Crippen LogP contribution in [0.4, 0.5) is 9.18 Å². The van der Waals surface area contributed by atoms with Crippen molar-refractivity contribution in [2.24, 2.45) is 0 Å². The van der Waals surface area contributed by atoms with Gasteiger partial charge in [-0.3, -0.25) is 14.5 Å². The van der Waals surface area contributed by atoms with Crippen molar-refractivity contribution >= 4 is 17.8 Å². The zero-order chi connectivity index (χ0) is 15.6. The molecule has 1 heterocycles. The van der Waals surface area contributed by atoms with Crippen molar-refractivity contribution in [3.05, 3.63) is 35.6 Å². The van der Waals surface area contributed by atoms with Gasteiger partial charge in [0.2, 0.25) is 0 Å². The minimum atomic E-state index is -0.805. The summed E-state index contributed by atoms with van der Waals surface area (Å²) in [5, 5.41) is 0. The Morgan fingerprint density at radius 2 is 1.81 bits per heavy atom. The van der Waals surface area contributed by atoms with Crippen LogP contribution in [0.5, 0.6) is 0 Å². The Labute approximate surface area is 121 Å². The molecule has 0 saturated carbocycles. The molecule has 0 bridgehead atoms. The molecule has 1 aromatic carbocycles. The van der Waals surface area contributed by atoms with E-state index >= 15 is 0 Å². The zero-order valence-electron chi connectivity index (χ0n) is 11.9. The van der Waals surface area contributed by atoms with Crippen LogP contribution in [0, 0.1) is 5.82 Å². The lowest BCUT2D eigenvalue weighted by atomic mass is 10.2. The first-order valence-corrected chi connectivity index (χ1v) is 6.67. The molecule has 1 aromatic rings. The van der Waals surface area contributed by atoms with E-state index in [0.717, 1.165) is 20.3 Å². The molecule has 1 N–H and O–H groups in total. The maximum atomic E-state index is 13.1. The van der Waals surface area contributed by atoms with Gasteiger partial charge in [-0.15, -0.1) is 0 Å². The second-order valence-electron chi connectivity index (χ2n) is 4.99. The van der Waals surface area contributed by atoms with Gasteiger partial charge in [0.25, 0.3) is 0 Å². The van der Waals surface area contributed by atoms with Crippen LogP contribution in [-0.4, -0.2) is 47.9 Å². The van der Waals surface area contributed by atoms with E-state index < -0.39 is 17.8 Å². The third kappa shape index (κ3) is 3.08. The Kier molecular flexibility index (Phi) is 4.32. The van der Waals surface area contributed by atoms with Crippen molar-refractivity contribution in [2.45, 2.75) is 13.5 Å². The molecule has 1 unspecified atom stereocenters. The number of likely N-dealkylation sites (N-methyl/N-ethyl adjacent to an activating group) is 1. The highest BCUT2D eigenvalue weighted by Crippen LogP contribution is 2.09. The van der Waals surface area contributed by atoms with Crippen LogP contribution in [0.3, 0.4) is 0 Å². The maximum absolute atomic E-state index is 13.1. The van der Waals surface area contributed by atoms with Crippen LogP contribution in [0.1, 0.15) is 12.5 Å². The molecule has 0 aliphatic carbocycles. The Morgan fingerprint density at radius 3 is 2.38 bits per heavy atom. The lowest BCUT2D eigenvalue weighted by Crippen LogP contribution is -3.09. The predicted molar refractivity (Wildman–Crippen MR) is 71.5 cm³/mol. The Hall–Kier alpha value is -2.28. The van der Waals surface area contributed by atoms with Gasteiger partial charge in [0.1, 0.15) is 12.4 Å². The molecule has 0 aromatic heterocycles. The van der Waals surface area contributed by atoms with Crippen molar-refractivity contribution in [1.29, 1.82) is 0 Å². The molecule has 1 atom stereocenters. The molecule has 112 valence electrons. The molecule has 21 heavy (non-hydrogen) atoms. The predicted octanol–water partition coefficient (Wildman–Crippen LogP) is -0.391. The summed E-state index contributed by atoms with van der Waals surface area (Å²) in [6.45, 7) is 2.31. The standard InChI is InChI=1S/C14H16FN3O3/c1-3-17-12(19)13(20)18(14(17)21)9-16(2)8-10-5-4-6-11(15)7-10/h4-7H,3,8-9H2,1-2H3/p+1. The average Bonchev–Trinajstić information content (AvgIpc) is 2.62. The van der Waals surface area contributed by atoms with Crippen LogP contribution in [0.25, 0.3) is 0 Å². The van der Waals surface area contributed by atoms with Gasteiger partial charge in [-0.25, -0.2) is 14.1 Å². The molecule has 2 rings (SSSR count). The number of benzene rings is 1. The fourth-order valence-corrected chi connectivity index (χ4v) is 2.29. The number of imide groups is 2. The first-order chi connectivity index (χ1) is 9.93. The molecule has 1 saturated heterocycles. The Balaban J connectivity index is 2.03. The molecular weight excluding hydrogens is 277 g/mol. The summed E-state index contributed by atoms with van der Waals surface area (Å²) in [5.41, 5.74) is 0.755. The molecule has 1 aliphatic heterocycles. The fourth-order valence-electron chi connectivity index (χ4n) is 2.29. The van der Waals surface area contributed by atoms with Crippen LogP contribution < -0.4 is 4.90 Å². The second-order valence-corrected chi connectivity index (χ2v) is 4.99. The van der Waals surface area contributed by atoms with Crippen molar-refractivity contribution in [1.82, 2.24) is 9.80 Å². The first kappa shape index (κ1) is 15.1. The van der Waals surface area contributed by atoms with Crippen LogP contribution >= 0.6 is 0 Å². The van der Waals surface area contributed by atoms with E-state index in [1.807, 2.05) is 0 Å². The lowest BCUT2D eigenvalue weighted by molar-refractivity contribution is -0.901. The third-order valence-corrected chi connectivity index (χ3v) is 3.27. The number of carbonyl (C=O) groups is 3. The topological polar surface area (TPSA) is 62.1 Å². The van der Waals surface area contributed by atoms with Gasteiger partial charge in [-0.1, -0.05) is 12.1 Å². The summed E-state index contributed by atoms with van der Waals surface area (Å²) in [6.07, 6.45) is 0. The molecule has 0 spiro atoms. The van der Waals surface area contributed by atoms with Gasteiger partial charge >= 0.3 is 17.8 Å². The van der Waals surface area contributed by atoms with Crippen molar-refractivity contribution in [2.75, 3.05) is 20.3 Å². The van der Waals surface area contributed by atoms with E-state index in [1.54, 1.807) is 26.1 Å². The van der Waals surface area contributed by atoms with Gasteiger partial charge in [0, 0.05) is 12.1 Å². The quantitative estimate of drug-likeness (QED) is 0.594. The molecular formula is C14H17FN3O3+. The highest BCUT2D eigenvalue weighted by Gasteiger charge is 2.44. The van der Waals surface area contributed by atoms with Gasteiger partial charge in [-0.05, 0) is 19.1 Å². The highest BCUT2D eigenvalue weighted by molar-refractivity contribution is 6.44. The van der Waals surface area contributed by atoms with E-state index in [4.69, 9.17) is 0 Å². The molecule has 1 aliphatic rings. The van der Waals surface area contributed by atoms with Crippen molar-refractivity contribution in [3.8, 4) is 0 Å². The third-order valence-electron chi connectivity index (χ3n) is 3.27. The summed E-state index contributed by atoms with van der Waals surface area (Å²) in [4.78, 5) is 37.9. The molecule has 4 amide bonds. The number of hydrogen-bond acceptors (Lipinski definition) is 3.